The summed E-state index contributed by atoms with van der Waals surface area (Å²) in [6.45, 7) is 3.74. The lowest BCUT2D eigenvalue weighted by molar-refractivity contribution is -0.143. The van der Waals surface area contributed by atoms with Gasteiger partial charge in [-0.25, -0.2) is 4.79 Å². The largest absolute Gasteiger partial charge is 0.481 e. The minimum atomic E-state index is -0.808. The molecule has 2 aromatic rings. The van der Waals surface area contributed by atoms with Crippen LogP contribution in [-0.2, 0) is 14.3 Å². The zero-order valence-electron chi connectivity index (χ0n) is 19.6. The van der Waals surface area contributed by atoms with E-state index in [9.17, 15) is 19.5 Å². The number of hydrogen-bond donors (Lipinski definition) is 3. The third kappa shape index (κ3) is 5.08. The molecular weight excluding hydrogens is 432 g/mol. The number of fused-ring (bicyclic) bond motifs is 3. The van der Waals surface area contributed by atoms with Crippen LogP contribution in [0.2, 0.25) is 0 Å². The molecule has 0 aliphatic heterocycles. The first kappa shape index (κ1) is 23.8. The van der Waals surface area contributed by atoms with E-state index >= 15 is 0 Å². The highest BCUT2D eigenvalue weighted by molar-refractivity contribution is 5.81. The van der Waals surface area contributed by atoms with Gasteiger partial charge < -0.3 is 20.5 Å². The molecule has 34 heavy (non-hydrogen) atoms. The average Bonchev–Trinajstić information content (AvgIpc) is 3.16. The first-order chi connectivity index (χ1) is 16.3. The van der Waals surface area contributed by atoms with Crippen LogP contribution in [0.3, 0.4) is 0 Å². The van der Waals surface area contributed by atoms with E-state index in [2.05, 4.69) is 34.9 Å². The number of aliphatic carboxylic acids is 1. The number of carbonyl (C=O) groups excluding carboxylic acids is 2. The van der Waals surface area contributed by atoms with Gasteiger partial charge in [0.1, 0.15) is 6.61 Å². The SMILES string of the molecule is CC(NC(=O)OCC1c2ccccc2-c2ccccc21)C(C)C(=O)N[C@@H]1CCC[C@H](C(=O)O)C1. The second-order valence-electron chi connectivity index (χ2n) is 9.45. The predicted molar refractivity (Wildman–Crippen MR) is 128 cm³/mol. The van der Waals surface area contributed by atoms with Crippen LogP contribution in [0, 0.1) is 11.8 Å². The number of rotatable bonds is 7. The molecule has 0 radical (unpaired) electrons. The number of ether oxygens (including phenoxy) is 1. The molecule has 2 aliphatic carbocycles. The molecule has 2 aromatic carbocycles. The summed E-state index contributed by atoms with van der Waals surface area (Å²) in [5.74, 6) is -1.92. The van der Waals surface area contributed by atoms with Crippen LogP contribution in [0.4, 0.5) is 4.79 Å². The van der Waals surface area contributed by atoms with Gasteiger partial charge in [-0.15, -0.1) is 0 Å². The second-order valence-corrected chi connectivity index (χ2v) is 9.45. The number of carboxylic acid groups (broad SMARTS) is 1. The Hall–Kier alpha value is -3.35. The third-order valence-corrected chi connectivity index (χ3v) is 7.22. The fraction of sp³-hybridized carbons (Fsp3) is 0.444. The zero-order chi connectivity index (χ0) is 24.2. The molecule has 0 saturated heterocycles. The average molecular weight is 465 g/mol. The van der Waals surface area contributed by atoms with Crippen molar-refractivity contribution in [1.82, 2.24) is 10.6 Å². The Kier molecular flexibility index (Phi) is 7.20. The van der Waals surface area contributed by atoms with Crippen molar-refractivity contribution >= 4 is 18.0 Å². The van der Waals surface area contributed by atoms with Crippen LogP contribution in [0.1, 0.15) is 56.6 Å². The Morgan fingerprint density at radius 1 is 1.00 bits per heavy atom. The van der Waals surface area contributed by atoms with Crippen LogP contribution < -0.4 is 10.6 Å². The normalized spacial score (nSPS) is 21.0. The maximum atomic E-state index is 12.7. The van der Waals surface area contributed by atoms with Gasteiger partial charge in [0, 0.05) is 18.0 Å². The quantitative estimate of drug-likeness (QED) is 0.566. The summed E-state index contributed by atoms with van der Waals surface area (Å²) in [5.41, 5.74) is 4.62. The highest BCUT2D eigenvalue weighted by Gasteiger charge is 2.31. The Morgan fingerprint density at radius 2 is 1.62 bits per heavy atom. The lowest BCUT2D eigenvalue weighted by Gasteiger charge is -2.29. The number of hydrogen-bond acceptors (Lipinski definition) is 4. The van der Waals surface area contributed by atoms with Crippen molar-refractivity contribution < 1.29 is 24.2 Å². The van der Waals surface area contributed by atoms with Gasteiger partial charge in [0.15, 0.2) is 0 Å². The predicted octanol–water partition coefficient (Wildman–Crippen LogP) is 4.31. The van der Waals surface area contributed by atoms with Gasteiger partial charge >= 0.3 is 12.1 Å². The number of alkyl carbamates (subject to hydrolysis) is 1. The minimum Gasteiger partial charge on any atom is -0.481 e. The summed E-state index contributed by atoms with van der Waals surface area (Å²) in [4.78, 5) is 36.5. The van der Waals surface area contributed by atoms with E-state index in [1.807, 2.05) is 24.3 Å². The monoisotopic (exact) mass is 464 g/mol. The standard InChI is InChI=1S/C27H32N2O5/c1-16(25(30)29-19-9-7-8-18(14-19)26(31)32)17(2)28-27(33)34-15-24-22-12-5-3-10-20(22)21-11-4-6-13-23(21)24/h3-6,10-13,16-19,24H,7-9,14-15H2,1-2H3,(H,28,33)(H,29,30)(H,31,32)/t16?,17?,18-,19+/m0/s1. The maximum Gasteiger partial charge on any atom is 0.407 e. The fourth-order valence-electron chi connectivity index (χ4n) is 5.06. The molecule has 180 valence electrons. The smallest absolute Gasteiger partial charge is 0.407 e. The van der Waals surface area contributed by atoms with Gasteiger partial charge in [-0.1, -0.05) is 61.9 Å². The van der Waals surface area contributed by atoms with Crippen LogP contribution in [0.5, 0.6) is 0 Å². The van der Waals surface area contributed by atoms with E-state index in [0.29, 0.717) is 12.8 Å². The van der Waals surface area contributed by atoms with Crippen LogP contribution >= 0.6 is 0 Å². The number of benzene rings is 2. The number of amides is 2. The molecule has 4 atom stereocenters. The molecular formula is C27H32N2O5. The lowest BCUT2D eigenvalue weighted by atomic mass is 9.85. The topological polar surface area (TPSA) is 105 Å². The fourth-order valence-corrected chi connectivity index (χ4v) is 5.06. The van der Waals surface area contributed by atoms with Gasteiger partial charge in [0.25, 0.3) is 0 Å². The molecule has 4 rings (SSSR count). The molecule has 2 aliphatic rings. The molecule has 7 nitrogen and oxygen atoms in total. The number of nitrogens with one attached hydrogen (secondary N) is 2. The number of carboxylic acids is 1. The highest BCUT2D eigenvalue weighted by atomic mass is 16.5. The van der Waals surface area contributed by atoms with Crippen LogP contribution in [0.15, 0.2) is 48.5 Å². The number of carbonyl (C=O) groups is 3. The van der Waals surface area contributed by atoms with E-state index in [4.69, 9.17) is 4.74 Å². The van der Waals surface area contributed by atoms with Crippen LogP contribution in [0.25, 0.3) is 11.1 Å². The van der Waals surface area contributed by atoms with Crippen molar-refractivity contribution in [2.45, 2.75) is 57.5 Å². The van der Waals surface area contributed by atoms with Crippen molar-refractivity contribution in [2.24, 2.45) is 11.8 Å². The summed E-state index contributed by atoms with van der Waals surface area (Å²) < 4.78 is 5.58. The molecule has 0 bridgehead atoms. The van der Waals surface area contributed by atoms with Crippen molar-refractivity contribution in [3.05, 3.63) is 59.7 Å². The van der Waals surface area contributed by atoms with E-state index < -0.39 is 29.9 Å². The Balaban J connectivity index is 1.29. The highest BCUT2D eigenvalue weighted by Crippen LogP contribution is 2.44. The first-order valence-electron chi connectivity index (χ1n) is 12.0. The van der Waals surface area contributed by atoms with E-state index in [0.717, 1.165) is 24.0 Å². The zero-order valence-corrected chi connectivity index (χ0v) is 19.6. The molecule has 2 unspecified atom stereocenters. The van der Waals surface area contributed by atoms with Gasteiger partial charge in [0.05, 0.1) is 11.8 Å². The van der Waals surface area contributed by atoms with Gasteiger partial charge in [-0.05, 0) is 48.4 Å². The van der Waals surface area contributed by atoms with Crippen molar-refractivity contribution in [1.29, 1.82) is 0 Å². The Labute approximate surface area is 199 Å². The summed E-state index contributed by atoms with van der Waals surface area (Å²) >= 11 is 0. The van der Waals surface area contributed by atoms with E-state index in [-0.39, 0.29) is 24.5 Å². The molecule has 1 fully saturated rings. The molecule has 0 aromatic heterocycles. The van der Waals surface area contributed by atoms with Gasteiger partial charge in [-0.3, -0.25) is 9.59 Å². The summed E-state index contributed by atoms with van der Waals surface area (Å²) in [5, 5.41) is 15.0. The van der Waals surface area contributed by atoms with Crippen molar-refractivity contribution in [3.63, 3.8) is 0 Å². The van der Waals surface area contributed by atoms with Crippen molar-refractivity contribution in [2.75, 3.05) is 6.61 Å². The Morgan fingerprint density at radius 3 is 2.24 bits per heavy atom. The molecule has 7 heteroatoms. The van der Waals surface area contributed by atoms with E-state index in [1.165, 1.54) is 11.1 Å². The summed E-state index contributed by atoms with van der Waals surface area (Å²) in [6, 6.07) is 15.7. The maximum absolute atomic E-state index is 12.7. The van der Waals surface area contributed by atoms with Crippen molar-refractivity contribution in [3.8, 4) is 11.1 Å². The van der Waals surface area contributed by atoms with Gasteiger partial charge in [0.2, 0.25) is 5.91 Å². The second kappa shape index (κ2) is 10.3. The van der Waals surface area contributed by atoms with Crippen LogP contribution in [-0.4, -0.2) is 41.8 Å². The lowest BCUT2D eigenvalue weighted by Crippen LogP contribution is -2.48. The summed E-state index contributed by atoms with van der Waals surface area (Å²) in [7, 11) is 0. The molecule has 2 amide bonds. The third-order valence-electron chi connectivity index (χ3n) is 7.22. The molecule has 3 N–H and O–H groups in total. The van der Waals surface area contributed by atoms with Gasteiger partial charge in [-0.2, -0.15) is 0 Å². The minimum absolute atomic E-state index is 0.0253. The first-order valence-corrected chi connectivity index (χ1v) is 12.0. The summed E-state index contributed by atoms with van der Waals surface area (Å²) in [6.07, 6.45) is 2.09. The Bertz CT molecular complexity index is 1020. The molecule has 0 spiro atoms. The molecule has 1 saturated carbocycles. The molecule has 0 heterocycles. The van der Waals surface area contributed by atoms with E-state index in [1.54, 1.807) is 13.8 Å².